The molecule has 1 N–H and O–H groups in total. The average molecular weight is 244 g/mol. The summed E-state index contributed by atoms with van der Waals surface area (Å²) in [6.07, 6.45) is 0.998. The molecule has 0 bridgehead atoms. The van der Waals surface area contributed by atoms with Crippen LogP contribution in [-0.4, -0.2) is 53.1 Å². The molecule has 0 aromatic heterocycles. The van der Waals surface area contributed by atoms with Crippen LogP contribution in [0.1, 0.15) is 34.1 Å². The lowest BCUT2D eigenvalue weighted by Gasteiger charge is -2.31. The summed E-state index contributed by atoms with van der Waals surface area (Å²) < 4.78 is 0. The van der Waals surface area contributed by atoms with Gasteiger partial charge < -0.3 is 14.9 Å². The Labute approximate surface area is 103 Å². The van der Waals surface area contributed by atoms with E-state index in [2.05, 4.69) is 13.8 Å². The minimum atomic E-state index is -0.982. The SMILES string of the molecule is CCC(C)CN(C)C(=O)N(CC(=O)O)C(C)C. The number of carbonyl (C=O) groups excluding carboxylic acids is 1. The Hall–Kier alpha value is -1.26. The van der Waals surface area contributed by atoms with E-state index in [1.54, 1.807) is 11.9 Å². The number of hydrogen-bond acceptors (Lipinski definition) is 2. The van der Waals surface area contributed by atoms with E-state index < -0.39 is 5.97 Å². The minimum absolute atomic E-state index is 0.113. The molecule has 0 radical (unpaired) electrons. The molecule has 17 heavy (non-hydrogen) atoms. The molecule has 2 amide bonds. The van der Waals surface area contributed by atoms with Crippen molar-refractivity contribution < 1.29 is 14.7 Å². The van der Waals surface area contributed by atoms with Crippen LogP contribution in [0.2, 0.25) is 0 Å². The van der Waals surface area contributed by atoms with Crippen LogP contribution in [0.15, 0.2) is 0 Å². The van der Waals surface area contributed by atoms with Gasteiger partial charge in [0.05, 0.1) is 0 Å². The van der Waals surface area contributed by atoms with Gasteiger partial charge in [0.15, 0.2) is 0 Å². The lowest BCUT2D eigenvalue weighted by Crippen LogP contribution is -2.48. The van der Waals surface area contributed by atoms with Crippen LogP contribution >= 0.6 is 0 Å². The Morgan fingerprint density at radius 2 is 1.76 bits per heavy atom. The number of carboxylic acid groups (broad SMARTS) is 1. The van der Waals surface area contributed by atoms with Gasteiger partial charge in [-0.1, -0.05) is 20.3 Å². The van der Waals surface area contributed by atoms with Crippen LogP contribution < -0.4 is 0 Å². The highest BCUT2D eigenvalue weighted by Gasteiger charge is 2.23. The Kier molecular flexibility index (Phi) is 6.61. The summed E-state index contributed by atoms with van der Waals surface area (Å²) in [5, 5.41) is 8.78. The van der Waals surface area contributed by atoms with Crippen molar-refractivity contribution in [3.05, 3.63) is 0 Å². The smallest absolute Gasteiger partial charge is 0.323 e. The first kappa shape index (κ1) is 15.7. The fourth-order valence-electron chi connectivity index (χ4n) is 1.51. The van der Waals surface area contributed by atoms with Gasteiger partial charge in [0.1, 0.15) is 6.54 Å². The first-order valence-electron chi connectivity index (χ1n) is 6.03. The van der Waals surface area contributed by atoms with E-state index in [9.17, 15) is 9.59 Å². The van der Waals surface area contributed by atoms with Gasteiger partial charge in [-0.3, -0.25) is 4.79 Å². The van der Waals surface area contributed by atoms with Crippen LogP contribution in [0.5, 0.6) is 0 Å². The van der Waals surface area contributed by atoms with Gasteiger partial charge in [0.25, 0.3) is 0 Å². The van der Waals surface area contributed by atoms with Gasteiger partial charge in [-0.05, 0) is 19.8 Å². The van der Waals surface area contributed by atoms with Gasteiger partial charge in [-0.25, -0.2) is 4.79 Å². The summed E-state index contributed by atoms with van der Waals surface area (Å²) in [4.78, 5) is 25.7. The molecule has 0 aliphatic carbocycles. The minimum Gasteiger partial charge on any atom is -0.480 e. The molecule has 0 fully saturated rings. The summed E-state index contributed by atoms with van der Waals surface area (Å²) in [5.41, 5.74) is 0. The van der Waals surface area contributed by atoms with Crippen molar-refractivity contribution in [3.8, 4) is 0 Å². The molecule has 0 rings (SSSR count). The summed E-state index contributed by atoms with van der Waals surface area (Å²) in [6.45, 7) is 8.18. The van der Waals surface area contributed by atoms with Crippen LogP contribution in [0.3, 0.4) is 0 Å². The van der Waals surface area contributed by atoms with E-state index >= 15 is 0 Å². The normalized spacial score (nSPS) is 12.4. The summed E-state index contributed by atoms with van der Waals surface area (Å²) in [5.74, 6) is -0.563. The Bertz CT molecular complexity index is 266. The highest BCUT2D eigenvalue weighted by molar-refractivity contribution is 5.80. The second kappa shape index (κ2) is 7.14. The lowest BCUT2D eigenvalue weighted by molar-refractivity contribution is -0.138. The number of hydrogen-bond donors (Lipinski definition) is 1. The molecule has 5 heteroatoms. The van der Waals surface area contributed by atoms with Crippen LogP contribution in [0.25, 0.3) is 0 Å². The van der Waals surface area contributed by atoms with Gasteiger partial charge in [-0.2, -0.15) is 0 Å². The molecule has 1 atom stereocenters. The van der Waals surface area contributed by atoms with E-state index in [4.69, 9.17) is 5.11 Å². The second-order valence-corrected chi connectivity index (χ2v) is 4.79. The summed E-state index contributed by atoms with van der Waals surface area (Å²) in [6, 6.07) is -0.333. The predicted octanol–water partition coefficient (Wildman–Crippen LogP) is 1.88. The van der Waals surface area contributed by atoms with Crippen LogP contribution in [-0.2, 0) is 4.79 Å². The average Bonchev–Trinajstić information content (AvgIpc) is 2.23. The highest BCUT2D eigenvalue weighted by Crippen LogP contribution is 2.08. The molecule has 0 aliphatic heterocycles. The maximum absolute atomic E-state index is 12.1. The topological polar surface area (TPSA) is 60.9 Å². The molecule has 0 saturated carbocycles. The number of nitrogens with zero attached hydrogens (tertiary/aromatic N) is 2. The van der Waals surface area contributed by atoms with E-state index in [0.29, 0.717) is 12.5 Å². The van der Waals surface area contributed by atoms with Crippen molar-refractivity contribution in [2.24, 2.45) is 5.92 Å². The van der Waals surface area contributed by atoms with Crippen molar-refractivity contribution >= 4 is 12.0 Å². The fraction of sp³-hybridized carbons (Fsp3) is 0.833. The second-order valence-electron chi connectivity index (χ2n) is 4.79. The maximum atomic E-state index is 12.1. The maximum Gasteiger partial charge on any atom is 0.323 e. The Balaban J connectivity index is 4.55. The fourth-order valence-corrected chi connectivity index (χ4v) is 1.51. The third-order valence-corrected chi connectivity index (χ3v) is 2.78. The van der Waals surface area contributed by atoms with E-state index in [0.717, 1.165) is 6.42 Å². The molecular formula is C12H24N2O3. The predicted molar refractivity (Wildman–Crippen MR) is 67.0 cm³/mol. The molecule has 100 valence electrons. The molecule has 0 saturated heterocycles. The molecule has 5 nitrogen and oxygen atoms in total. The first-order chi connectivity index (χ1) is 7.79. The van der Waals surface area contributed by atoms with E-state index in [-0.39, 0.29) is 18.6 Å². The number of carboxylic acids is 1. The van der Waals surface area contributed by atoms with Crippen molar-refractivity contribution in [2.45, 2.75) is 40.2 Å². The molecule has 0 heterocycles. The quantitative estimate of drug-likeness (QED) is 0.776. The van der Waals surface area contributed by atoms with Crippen molar-refractivity contribution in [3.63, 3.8) is 0 Å². The lowest BCUT2D eigenvalue weighted by atomic mass is 10.1. The molecule has 1 unspecified atom stereocenters. The van der Waals surface area contributed by atoms with E-state index in [1.807, 2.05) is 13.8 Å². The van der Waals surface area contributed by atoms with Crippen molar-refractivity contribution in [1.82, 2.24) is 9.80 Å². The zero-order valence-corrected chi connectivity index (χ0v) is 11.4. The molecular weight excluding hydrogens is 220 g/mol. The number of rotatable bonds is 6. The number of carbonyl (C=O) groups is 2. The monoisotopic (exact) mass is 244 g/mol. The molecule has 0 aliphatic rings. The molecule has 0 aromatic rings. The zero-order valence-electron chi connectivity index (χ0n) is 11.4. The standard InChI is InChI=1S/C12H24N2O3/c1-6-10(4)7-13(5)12(17)14(9(2)3)8-11(15)16/h9-10H,6-8H2,1-5H3,(H,15,16). The summed E-state index contributed by atoms with van der Waals surface area (Å²) >= 11 is 0. The van der Waals surface area contributed by atoms with Crippen molar-refractivity contribution in [1.29, 1.82) is 0 Å². The number of amides is 2. The number of aliphatic carboxylic acids is 1. The third kappa shape index (κ3) is 5.56. The first-order valence-corrected chi connectivity index (χ1v) is 6.03. The highest BCUT2D eigenvalue weighted by atomic mass is 16.4. The zero-order chi connectivity index (χ0) is 13.6. The molecule has 0 aromatic carbocycles. The third-order valence-electron chi connectivity index (χ3n) is 2.78. The van der Waals surface area contributed by atoms with E-state index in [1.165, 1.54) is 4.90 Å². The van der Waals surface area contributed by atoms with Gasteiger partial charge in [0, 0.05) is 19.6 Å². The van der Waals surface area contributed by atoms with Crippen LogP contribution in [0, 0.1) is 5.92 Å². The van der Waals surface area contributed by atoms with Crippen LogP contribution in [0.4, 0.5) is 4.79 Å². The van der Waals surface area contributed by atoms with Gasteiger partial charge in [-0.15, -0.1) is 0 Å². The summed E-state index contributed by atoms with van der Waals surface area (Å²) in [7, 11) is 1.71. The largest absolute Gasteiger partial charge is 0.480 e. The Morgan fingerprint density at radius 1 is 1.24 bits per heavy atom. The molecule has 0 spiro atoms. The van der Waals surface area contributed by atoms with Crippen molar-refractivity contribution in [2.75, 3.05) is 20.1 Å². The van der Waals surface area contributed by atoms with Gasteiger partial charge >= 0.3 is 12.0 Å². The Morgan fingerprint density at radius 3 is 2.12 bits per heavy atom. The van der Waals surface area contributed by atoms with Gasteiger partial charge in [0.2, 0.25) is 0 Å². The number of urea groups is 1.